The highest BCUT2D eigenvalue weighted by Gasteiger charge is 2.18. The van der Waals surface area contributed by atoms with Crippen LogP contribution in [0.4, 0.5) is 0 Å². The summed E-state index contributed by atoms with van der Waals surface area (Å²) >= 11 is 2.94. The summed E-state index contributed by atoms with van der Waals surface area (Å²) in [5.41, 5.74) is 2.38. The Morgan fingerprint density at radius 2 is 1.65 bits per heavy atom. The van der Waals surface area contributed by atoms with Crippen molar-refractivity contribution in [3.8, 4) is 23.1 Å². The lowest BCUT2D eigenvalue weighted by Crippen LogP contribution is -2.25. The minimum Gasteiger partial charge on any atom is -0.267 e. The number of benzene rings is 2. The lowest BCUT2D eigenvalue weighted by Gasteiger charge is -2.15. The SMILES string of the molecule is CSc1ccc(-n2c(-c3ccc(C)cc3)nc(SC)c(C#N)c2=O)cc1. The Hall–Kier alpha value is -2.49. The molecular weight excluding hydrogens is 362 g/mol. The van der Waals surface area contributed by atoms with Gasteiger partial charge in [-0.05, 0) is 43.7 Å². The molecule has 0 saturated carbocycles. The maximum atomic E-state index is 13.1. The van der Waals surface area contributed by atoms with Crippen LogP contribution in [-0.2, 0) is 0 Å². The van der Waals surface area contributed by atoms with E-state index in [0.29, 0.717) is 16.5 Å². The minimum absolute atomic E-state index is 0.0716. The van der Waals surface area contributed by atoms with Crippen LogP contribution in [0.1, 0.15) is 11.1 Å². The molecule has 0 aliphatic rings. The normalized spacial score (nSPS) is 10.5. The third-order valence-electron chi connectivity index (χ3n) is 4.00. The van der Waals surface area contributed by atoms with Crippen LogP contribution >= 0.6 is 23.5 Å². The third-order valence-corrected chi connectivity index (χ3v) is 5.42. The van der Waals surface area contributed by atoms with Crippen molar-refractivity contribution < 1.29 is 0 Å². The van der Waals surface area contributed by atoms with E-state index in [1.54, 1.807) is 11.8 Å². The van der Waals surface area contributed by atoms with E-state index < -0.39 is 0 Å². The summed E-state index contributed by atoms with van der Waals surface area (Å²) < 4.78 is 1.52. The molecule has 3 rings (SSSR count). The summed E-state index contributed by atoms with van der Waals surface area (Å²) in [5.74, 6) is 0.537. The monoisotopic (exact) mass is 379 g/mol. The van der Waals surface area contributed by atoms with Crippen molar-refractivity contribution in [3.05, 3.63) is 70.0 Å². The average Bonchev–Trinajstić information content (AvgIpc) is 2.68. The van der Waals surface area contributed by atoms with Crippen LogP contribution in [0.3, 0.4) is 0 Å². The van der Waals surface area contributed by atoms with Gasteiger partial charge in [-0.15, -0.1) is 23.5 Å². The zero-order chi connectivity index (χ0) is 18.7. The van der Waals surface area contributed by atoms with Gasteiger partial charge in [0.1, 0.15) is 22.5 Å². The van der Waals surface area contributed by atoms with Crippen LogP contribution in [0.25, 0.3) is 17.1 Å². The predicted octanol–water partition coefficient (Wildman–Crippen LogP) is 4.52. The molecule has 0 amide bonds. The fourth-order valence-corrected chi connectivity index (χ4v) is 3.54. The Labute approximate surface area is 160 Å². The highest BCUT2D eigenvalue weighted by atomic mass is 32.2. The van der Waals surface area contributed by atoms with Crippen LogP contribution in [0.5, 0.6) is 0 Å². The molecule has 1 aromatic heterocycles. The first-order valence-electron chi connectivity index (χ1n) is 7.91. The molecule has 6 heteroatoms. The molecule has 0 aliphatic carbocycles. The maximum Gasteiger partial charge on any atom is 0.277 e. The largest absolute Gasteiger partial charge is 0.277 e. The first kappa shape index (κ1) is 18.3. The fourth-order valence-electron chi connectivity index (χ4n) is 2.61. The molecule has 0 aliphatic heterocycles. The van der Waals surface area contributed by atoms with Crippen LogP contribution in [-0.4, -0.2) is 22.1 Å². The molecule has 0 N–H and O–H groups in total. The highest BCUT2D eigenvalue weighted by molar-refractivity contribution is 7.98. The van der Waals surface area contributed by atoms with Crippen molar-refractivity contribution in [1.82, 2.24) is 9.55 Å². The van der Waals surface area contributed by atoms with E-state index in [0.717, 1.165) is 16.0 Å². The zero-order valence-corrected chi connectivity index (χ0v) is 16.3. The van der Waals surface area contributed by atoms with Crippen LogP contribution in [0.2, 0.25) is 0 Å². The lowest BCUT2D eigenvalue weighted by molar-refractivity contribution is 0.892. The Bertz CT molecular complexity index is 1030. The van der Waals surface area contributed by atoms with Crippen molar-refractivity contribution >= 4 is 23.5 Å². The number of nitrogens with zero attached hydrogens (tertiary/aromatic N) is 3. The van der Waals surface area contributed by atoms with Gasteiger partial charge in [-0.2, -0.15) is 5.26 Å². The van der Waals surface area contributed by atoms with Crippen molar-refractivity contribution in [2.45, 2.75) is 16.8 Å². The van der Waals surface area contributed by atoms with Gasteiger partial charge in [0.25, 0.3) is 5.56 Å². The number of thioether (sulfide) groups is 2. The van der Waals surface area contributed by atoms with Crippen molar-refractivity contribution in [3.63, 3.8) is 0 Å². The fraction of sp³-hybridized carbons (Fsp3) is 0.150. The van der Waals surface area contributed by atoms with Gasteiger partial charge in [-0.3, -0.25) is 9.36 Å². The van der Waals surface area contributed by atoms with Gasteiger partial charge < -0.3 is 0 Å². The molecule has 0 bridgehead atoms. The third kappa shape index (κ3) is 3.41. The molecule has 0 fully saturated rings. The Balaban J connectivity index is 2.34. The molecule has 0 unspecified atom stereocenters. The van der Waals surface area contributed by atoms with Gasteiger partial charge in [-0.1, -0.05) is 29.8 Å². The smallest absolute Gasteiger partial charge is 0.267 e. The molecule has 4 nitrogen and oxygen atoms in total. The van der Waals surface area contributed by atoms with E-state index >= 15 is 0 Å². The van der Waals surface area contributed by atoms with Gasteiger partial charge in [0.05, 0.1) is 5.69 Å². The molecule has 26 heavy (non-hydrogen) atoms. The molecule has 3 aromatic rings. The zero-order valence-electron chi connectivity index (χ0n) is 14.7. The number of rotatable bonds is 4. The predicted molar refractivity (Wildman–Crippen MR) is 108 cm³/mol. The molecule has 130 valence electrons. The Kier molecular flexibility index (Phi) is 5.50. The van der Waals surface area contributed by atoms with Gasteiger partial charge in [0.15, 0.2) is 0 Å². The second-order valence-electron chi connectivity index (χ2n) is 5.64. The van der Waals surface area contributed by atoms with Gasteiger partial charge in [-0.25, -0.2) is 4.98 Å². The van der Waals surface area contributed by atoms with E-state index in [1.807, 2.05) is 74.0 Å². The van der Waals surface area contributed by atoms with Crippen LogP contribution < -0.4 is 5.56 Å². The van der Waals surface area contributed by atoms with Gasteiger partial charge >= 0.3 is 0 Å². The van der Waals surface area contributed by atoms with Crippen LogP contribution in [0, 0.1) is 18.3 Å². The summed E-state index contributed by atoms with van der Waals surface area (Å²) in [6.07, 6.45) is 3.82. The van der Waals surface area contributed by atoms with Crippen LogP contribution in [0.15, 0.2) is 63.2 Å². The second-order valence-corrected chi connectivity index (χ2v) is 7.31. The van der Waals surface area contributed by atoms with E-state index in [1.165, 1.54) is 16.3 Å². The lowest BCUT2D eigenvalue weighted by atomic mass is 10.1. The van der Waals surface area contributed by atoms with E-state index in [-0.39, 0.29) is 11.1 Å². The standard InChI is InChI=1S/C20H17N3OS2/c1-13-4-6-14(7-5-13)18-22-19(26-3)17(12-21)20(24)23(18)15-8-10-16(25-2)11-9-15/h4-11H,1-3H3. The summed E-state index contributed by atoms with van der Waals surface area (Å²) in [6.45, 7) is 2.01. The number of aromatic nitrogens is 2. The quantitative estimate of drug-likeness (QED) is 0.493. The number of hydrogen-bond acceptors (Lipinski definition) is 5. The molecule has 0 saturated heterocycles. The number of nitriles is 1. The maximum absolute atomic E-state index is 13.1. The van der Waals surface area contributed by atoms with Crippen molar-refractivity contribution in [1.29, 1.82) is 5.26 Å². The van der Waals surface area contributed by atoms with Crippen molar-refractivity contribution in [2.75, 3.05) is 12.5 Å². The summed E-state index contributed by atoms with van der Waals surface area (Å²) in [4.78, 5) is 18.8. The first-order valence-corrected chi connectivity index (χ1v) is 10.4. The van der Waals surface area contributed by atoms with E-state index in [9.17, 15) is 10.1 Å². The minimum atomic E-state index is -0.348. The van der Waals surface area contributed by atoms with Gasteiger partial charge in [0, 0.05) is 10.5 Å². The number of hydrogen-bond donors (Lipinski definition) is 0. The highest BCUT2D eigenvalue weighted by Crippen LogP contribution is 2.25. The molecule has 0 atom stereocenters. The summed E-state index contributed by atoms with van der Waals surface area (Å²) in [6, 6.07) is 17.6. The van der Waals surface area contributed by atoms with Gasteiger partial charge in [0.2, 0.25) is 0 Å². The molecular formula is C20H17N3OS2. The van der Waals surface area contributed by atoms with E-state index in [2.05, 4.69) is 4.98 Å². The number of aryl methyl sites for hydroxylation is 1. The molecule has 1 heterocycles. The topological polar surface area (TPSA) is 58.7 Å². The second kappa shape index (κ2) is 7.81. The Morgan fingerprint density at radius 3 is 2.19 bits per heavy atom. The molecule has 0 spiro atoms. The molecule has 2 aromatic carbocycles. The summed E-state index contributed by atoms with van der Waals surface area (Å²) in [5, 5.41) is 9.91. The molecule has 0 radical (unpaired) electrons. The van der Waals surface area contributed by atoms with Crippen molar-refractivity contribution in [2.24, 2.45) is 0 Å². The average molecular weight is 380 g/mol. The first-order chi connectivity index (χ1) is 12.6. The van der Waals surface area contributed by atoms with E-state index in [4.69, 9.17) is 0 Å². The Morgan fingerprint density at radius 1 is 1.00 bits per heavy atom. The summed E-state index contributed by atoms with van der Waals surface area (Å²) in [7, 11) is 0.